The minimum Gasteiger partial charge on any atom is -0.477 e. The van der Waals surface area contributed by atoms with Gasteiger partial charge < -0.3 is 36.6 Å². The lowest BCUT2D eigenvalue weighted by Gasteiger charge is -2.47. The zero-order valence-corrected chi connectivity index (χ0v) is 23.1. The van der Waals surface area contributed by atoms with Gasteiger partial charge in [-0.2, -0.15) is 0 Å². The summed E-state index contributed by atoms with van der Waals surface area (Å²) >= 11 is 1.48. The molecule has 0 spiro atoms. The fourth-order valence-electron chi connectivity index (χ4n) is 7.29. The summed E-state index contributed by atoms with van der Waals surface area (Å²) in [6.45, 7) is 5.95. The second kappa shape index (κ2) is 10.8. The van der Waals surface area contributed by atoms with Crippen LogP contribution in [-0.4, -0.2) is 101 Å². The Hall–Kier alpha value is -2.15. The van der Waals surface area contributed by atoms with Crippen LogP contribution in [0.3, 0.4) is 0 Å². The average molecular weight is 549 g/mol. The third kappa shape index (κ3) is 4.73. The predicted octanol–water partition coefficient (Wildman–Crippen LogP) is -0.467. The van der Waals surface area contributed by atoms with Crippen molar-refractivity contribution in [1.82, 2.24) is 25.8 Å². The van der Waals surface area contributed by atoms with E-state index in [9.17, 15) is 24.3 Å². The lowest BCUT2D eigenvalue weighted by molar-refractivity contribution is -0.158. The van der Waals surface area contributed by atoms with Gasteiger partial charge in [0.2, 0.25) is 17.7 Å². The van der Waals surface area contributed by atoms with Gasteiger partial charge in [0.05, 0.1) is 24.5 Å². The zero-order chi connectivity index (χ0) is 27.3. The van der Waals surface area contributed by atoms with Crippen LogP contribution in [0.1, 0.15) is 39.5 Å². The molecular weight excluding hydrogens is 508 g/mol. The van der Waals surface area contributed by atoms with Gasteiger partial charge in [-0.15, -0.1) is 11.8 Å². The number of amides is 3. The van der Waals surface area contributed by atoms with Crippen LogP contribution in [0.4, 0.5) is 0 Å². The number of likely N-dealkylation sites (N-methyl/N-ethyl adjacent to an activating group) is 1. The molecule has 0 aromatic heterocycles. The van der Waals surface area contributed by atoms with E-state index in [1.165, 1.54) is 23.1 Å². The number of thioether (sulfide) groups is 1. The minimum atomic E-state index is -1.12. The first-order valence-corrected chi connectivity index (χ1v) is 14.7. The number of nitrogens with zero attached hydrogens (tertiary/aromatic N) is 2. The number of nitrogens with one attached hydrogen (secondary N) is 3. The SMILES string of the molecule is CNCC(=O)N[C@H](C)[C@H]1C(=O)N2C(C(=O)O)=C(S[C@@H]3CNC(C(=O)N4C[C@H]5CCC[C@@H](C4)[C@@H]5N)C3)[C@H](C)[C@@H]12. The van der Waals surface area contributed by atoms with E-state index in [2.05, 4.69) is 16.0 Å². The molecule has 4 fully saturated rings. The molecule has 210 valence electrons. The number of carbonyl (C=O) groups excluding carboxylic acids is 3. The molecule has 5 rings (SSSR count). The zero-order valence-electron chi connectivity index (χ0n) is 22.3. The number of piperidine rings is 1. The molecule has 0 aromatic rings. The summed E-state index contributed by atoms with van der Waals surface area (Å²) in [6.07, 6.45) is 3.96. The van der Waals surface area contributed by atoms with E-state index in [-0.39, 0.29) is 59.3 Å². The average Bonchev–Trinajstić information content (AvgIpc) is 3.40. The summed E-state index contributed by atoms with van der Waals surface area (Å²) in [5.41, 5.74) is 6.46. The smallest absolute Gasteiger partial charge is 0.353 e. The number of aliphatic carboxylic acids is 1. The molecule has 1 aliphatic carbocycles. The molecular formula is C26H40N6O5S. The standard InChI is InChI=1S/C26H40N6O5S/c1-12-21-19(13(2)30-18(33)9-28-3)25(35)32(21)22(26(36)37)23(12)38-16-7-17(29-8-16)24(34)31-10-14-5-4-6-15(11-31)20(14)27/h12-17,19-21,28-29H,4-11,27H2,1-3H3,(H,30,33)(H,36,37)/t12-,13-,14-,15+,16+,17?,19-,20-,21+/m1/s1. The van der Waals surface area contributed by atoms with Crippen LogP contribution in [0.15, 0.2) is 10.6 Å². The molecule has 12 heteroatoms. The van der Waals surface area contributed by atoms with Crippen molar-refractivity contribution < 1.29 is 24.3 Å². The Morgan fingerprint density at radius 2 is 1.92 bits per heavy atom. The van der Waals surface area contributed by atoms with Crippen molar-refractivity contribution in [3.8, 4) is 0 Å². The monoisotopic (exact) mass is 548 g/mol. The summed E-state index contributed by atoms with van der Waals surface area (Å²) in [4.78, 5) is 54.9. The van der Waals surface area contributed by atoms with Crippen LogP contribution in [-0.2, 0) is 19.2 Å². The van der Waals surface area contributed by atoms with Gasteiger partial charge in [-0.05, 0) is 45.1 Å². The fraction of sp³-hybridized carbons (Fsp3) is 0.769. The second-order valence-electron chi connectivity index (χ2n) is 11.6. The van der Waals surface area contributed by atoms with E-state index in [0.717, 1.165) is 25.9 Å². The Morgan fingerprint density at radius 3 is 2.55 bits per heavy atom. The minimum absolute atomic E-state index is 0.0299. The van der Waals surface area contributed by atoms with Crippen LogP contribution in [0.25, 0.3) is 0 Å². The summed E-state index contributed by atoms with van der Waals surface area (Å²) in [7, 11) is 1.68. The van der Waals surface area contributed by atoms with Crippen molar-refractivity contribution in [1.29, 1.82) is 0 Å². The predicted molar refractivity (Wildman–Crippen MR) is 143 cm³/mol. The highest BCUT2D eigenvalue weighted by molar-refractivity contribution is 8.03. The third-order valence-corrected chi connectivity index (χ3v) is 10.7. The summed E-state index contributed by atoms with van der Waals surface area (Å²) < 4.78 is 0. The molecule has 6 N–H and O–H groups in total. The number of rotatable bonds is 8. The maximum atomic E-state index is 13.4. The van der Waals surface area contributed by atoms with Crippen molar-refractivity contribution in [2.45, 2.75) is 68.9 Å². The first kappa shape index (κ1) is 27.4. The molecule has 0 radical (unpaired) electrons. The molecule has 0 aromatic carbocycles. The van der Waals surface area contributed by atoms with Crippen LogP contribution in [0, 0.1) is 23.7 Å². The quantitative estimate of drug-likeness (QED) is 0.253. The lowest BCUT2D eigenvalue weighted by Crippen LogP contribution is -2.66. The Balaban J connectivity index is 1.23. The van der Waals surface area contributed by atoms with Gasteiger partial charge in [0, 0.05) is 47.8 Å². The number of hydrogen-bond donors (Lipinski definition) is 5. The maximum Gasteiger partial charge on any atom is 0.353 e. The van der Waals surface area contributed by atoms with Crippen LogP contribution in [0.5, 0.6) is 0 Å². The van der Waals surface area contributed by atoms with Crippen LogP contribution < -0.4 is 21.7 Å². The van der Waals surface area contributed by atoms with E-state index < -0.39 is 17.9 Å². The van der Waals surface area contributed by atoms with E-state index in [4.69, 9.17) is 5.73 Å². The molecule has 3 amide bonds. The van der Waals surface area contributed by atoms with Gasteiger partial charge >= 0.3 is 5.97 Å². The summed E-state index contributed by atoms with van der Waals surface area (Å²) in [6, 6.07) is -0.806. The van der Waals surface area contributed by atoms with E-state index in [1.807, 2.05) is 11.8 Å². The van der Waals surface area contributed by atoms with E-state index in [0.29, 0.717) is 29.7 Å². The maximum absolute atomic E-state index is 13.4. The molecule has 4 heterocycles. The number of β-lactam (4-membered cyclic amide) rings is 1. The highest BCUT2D eigenvalue weighted by Crippen LogP contribution is 2.52. The van der Waals surface area contributed by atoms with Gasteiger partial charge in [-0.25, -0.2) is 4.79 Å². The number of hydrogen-bond acceptors (Lipinski definition) is 8. The highest BCUT2D eigenvalue weighted by atomic mass is 32.2. The lowest BCUT2D eigenvalue weighted by atomic mass is 9.74. The van der Waals surface area contributed by atoms with Crippen molar-refractivity contribution >= 4 is 35.5 Å². The molecule has 1 unspecified atom stereocenters. The first-order valence-electron chi connectivity index (χ1n) is 13.8. The van der Waals surface area contributed by atoms with Gasteiger partial charge in [0.15, 0.2) is 0 Å². The van der Waals surface area contributed by atoms with Gasteiger partial charge in [-0.1, -0.05) is 13.3 Å². The number of likely N-dealkylation sites (tertiary alicyclic amines) is 1. The Bertz CT molecular complexity index is 1020. The Labute approximate surface area is 227 Å². The number of carboxylic acid groups (broad SMARTS) is 1. The van der Waals surface area contributed by atoms with E-state index >= 15 is 0 Å². The second-order valence-corrected chi connectivity index (χ2v) is 13.0. The van der Waals surface area contributed by atoms with Crippen molar-refractivity contribution in [3.05, 3.63) is 10.6 Å². The number of carboxylic acids is 1. The molecule has 4 aliphatic heterocycles. The molecule has 38 heavy (non-hydrogen) atoms. The van der Waals surface area contributed by atoms with Gasteiger partial charge in [0.25, 0.3) is 0 Å². The number of nitrogens with two attached hydrogens (primary N) is 1. The Morgan fingerprint density at radius 1 is 1.24 bits per heavy atom. The molecule has 3 saturated heterocycles. The van der Waals surface area contributed by atoms with Gasteiger partial charge in [0.1, 0.15) is 5.70 Å². The topological polar surface area (TPSA) is 157 Å². The van der Waals surface area contributed by atoms with Gasteiger partial charge in [-0.3, -0.25) is 14.4 Å². The van der Waals surface area contributed by atoms with Crippen molar-refractivity contribution in [3.63, 3.8) is 0 Å². The van der Waals surface area contributed by atoms with Crippen LogP contribution >= 0.6 is 11.8 Å². The Kier molecular flexibility index (Phi) is 7.78. The van der Waals surface area contributed by atoms with E-state index in [1.54, 1.807) is 14.0 Å². The molecule has 1 saturated carbocycles. The number of fused-ring (bicyclic) bond motifs is 3. The normalized spacial score (nSPS) is 37.1. The van der Waals surface area contributed by atoms with Crippen LogP contribution in [0.2, 0.25) is 0 Å². The first-order chi connectivity index (χ1) is 18.1. The third-order valence-electron chi connectivity index (χ3n) is 9.20. The molecule has 2 bridgehead atoms. The largest absolute Gasteiger partial charge is 0.477 e. The van der Waals surface area contributed by atoms with Crippen molar-refractivity contribution in [2.75, 3.05) is 33.2 Å². The summed E-state index contributed by atoms with van der Waals surface area (Å²) in [5.74, 6) is -1.36. The molecule has 11 nitrogen and oxygen atoms in total. The molecule has 5 aliphatic rings. The fourth-order valence-corrected chi connectivity index (χ4v) is 8.77. The highest BCUT2D eigenvalue weighted by Gasteiger charge is 2.60. The van der Waals surface area contributed by atoms with Crippen molar-refractivity contribution in [2.24, 2.45) is 29.4 Å². The summed E-state index contributed by atoms with van der Waals surface area (Å²) in [5, 5.41) is 19.1. The molecule has 9 atom stereocenters. The number of carbonyl (C=O) groups is 4.